The molecule has 1 atom stereocenters. The van der Waals surface area contributed by atoms with E-state index in [0.717, 1.165) is 23.1 Å². The standard InChI is InChI=1S/C19H19ClN2O3S/c1-13-2-6-16(7-3-13)26(24,25)21-11-18-17-10-15(20)5-4-14(17)8-9-22(18)19(23)12-21/h2-7,10,18H,8-9,11-12H2,1H3. The molecule has 0 spiro atoms. The van der Waals surface area contributed by atoms with E-state index in [0.29, 0.717) is 11.6 Å². The average molecular weight is 391 g/mol. The van der Waals surface area contributed by atoms with Crippen LogP contribution in [0.3, 0.4) is 0 Å². The molecule has 4 rings (SSSR count). The van der Waals surface area contributed by atoms with E-state index in [-0.39, 0.29) is 29.9 Å². The molecule has 1 fully saturated rings. The van der Waals surface area contributed by atoms with Gasteiger partial charge in [0.2, 0.25) is 15.9 Å². The van der Waals surface area contributed by atoms with Gasteiger partial charge >= 0.3 is 0 Å². The Morgan fingerprint density at radius 2 is 1.85 bits per heavy atom. The van der Waals surface area contributed by atoms with Crippen molar-refractivity contribution >= 4 is 27.5 Å². The van der Waals surface area contributed by atoms with E-state index in [4.69, 9.17) is 11.6 Å². The van der Waals surface area contributed by atoms with Gasteiger partial charge in [0.15, 0.2) is 0 Å². The fourth-order valence-corrected chi connectivity index (χ4v) is 5.28. The highest BCUT2D eigenvalue weighted by Gasteiger charge is 2.41. The third-order valence-corrected chi connectivity index (χ3v) is 7.19. The highest BCUT2D eigenvalue weighted by Crippen LogP contribution is 2.36. The summed E-state index contributed by atoms with van der Waals surface area (Å²) in [6, 6.07) is 12.1. The number of carbonyl (C=O) groups excluding carboxylic acids is 1. The fraction of sp³-hybridized carbons (Fsp3) is 0.316. The molecular formula is C19H19ClN2O3S. The van der Waals surface area contributed by atoms with Crippen LogP contribution in [0.15, 0.2) is 47.4 Å². The topological polar surface area (TPSA) is 57.7 Å². The second-order valence-corrected chi connectivity index (χ2v) is 9.18. The van der Waals surface area contributed by atoms with Crippen molar-refractivity contribution < 1.29 is 13.2 Å². The monoisotopic (exact) mass is 390 g/mol. The van der Waals surface area contributed by atoms with E-state index in [1.54, 1.807) is 29.2 Å². The van der Waals surface area contributed by atoms with Crippen LogP contribution in [0.2, 0.25) is 5.02 Å². The summed E-state index contributed by atoms with van der Waals surface area (Å²) < 4.78 is 27.3. The van der Waals surface area contributed by atoms with Crippen LogP contribution in [0.4, 0.5) is 0 Å². The molecule has 0 radical (unpaired) electrons. The molecule has 5 nitrogen and oxygen atoms in total. The predicted octanol–water partition coefficient (Wildman–Crippen LogP) is 2.78. The van der Waals surface area contributed by atoms with Gasteiger partial charge in [-0.1, -0.05) is 35.4 Å². The van der Waals surface area contributed by atoms with Gasteiger partial charge < -0.3 is 4.90 Å². The SMILES string of the molecule is Cc1ccc(S(=O)(=O)N2CC(=O)N3CCc4ccc(Cl)cc4C3C2)cc1. The third kappa shape index (κ3) is 2.92. The second-order valence-electron chi connectivity index (χ2n) is 6.81. The minimum absolute atomic E-state index is 0.122. The molecule has 2 aromatic carbocycles. The highest BCUT2D eigenvalue weighted by molar-refractivity contribution is 7.89. The molecule has 136 valence electrons. The van der Waals surface area contributed by atoms with Gasteiger partial charge in [-0.25, -0.2) is 8.42 Å². The van der Waals surface area contributed by atoms with Gasteiger partial charge in [0.1, 0.15) is 0 Å². The zero-order chi connectivity index (χ0) is 18.5. The fourth-order valence-electron chi connectivity index (χ4n) is 3.71. The van der Waals surface area contributed by atoms with Crippen molar-refractivity contribution in [3.63, 3.8) is 0 Å². The molecule has 2 aliphatic heterocycles. The van der Waals surface area contributed by atoms with E-state index < -0.39 is 10.0 Å². The van der Waals surface area contributed by atoms with E-state index in [1.807, 2.05) is 25.1 Å². The molecule has 2 heterocycles. The normalized spacial score (nSPS) is 20.6. The Morgan fingerprint density at radius 1 is 1.12 bits per heavy atom. The average Bonchev–Trinajstić information content (AvgIpc) is 2.62. The summed E-state index contributed by atoms with van der Waals surface area (Å²) in [6.45, 7) is 2.63. The van der Waals surface area contributed by atoms with Crippen molar-refractivity contribution in [2.75, 3.05) is 19.6 Å². The number of nitrogens with zero attached hydrogens (tertiary/aromatic N) is 2. The van der Waals surface area contributed by atoms with Gasteiger partial charge in [-0.2, -0.15) is 4.31 Å². The summed E-state index contributed by atoms with van der Waals surface area (Å²) in [5, 5.41) is 0.594. The number of piperazine rings is 1. The number of fused-ring (bicyclic) bond motifs is 3. The molecule has 0 saturated carbocycles. The van der Waals surface area contributed by atoms with Gasteiger partial charge in [0, 0.05) is 18.1 Å². The lowest BCUT2D eigenvalue weighted by atomic mass is 9.91. The molecule has 1 saturated heterocycles. The lowest BCUT2D eigenvalue weighted by Gasteiger charge is -2.44. The molecule has 2 aromatic rings. The first-order valence-corrected chi connectivity index (χ1v) is 10.3. The third-order valence-electron chi connectivity index (χ3n) is 5.13. The van der Waals surface area contributed by atoms with E-state index in [9.17, 15) is 13.2 Å². The molecule has 1 amide bonds. The molecule has 7 heteroatoms. The van der Waals surface area contributed by atoms with Crippen LogP contribution in [-0.4, -0.2) is 43.2 Å². The molecule has 0 aromatic heterocycles. The second kappa shape index (κ2) is 6.37. The number of sulfonamides is 1. The molecule has 1 unspecified atom stereocenters. The predicted molar refractivity (Wildman–Crippen MR) is 99.5 cm³/mol. The molecule has 0 bridgehead atoms. The lowest BCUT2D eigenvalue weighted by molar-refractivity contribution is -0.138. The Kier molecular flexibility index (Phi) is 4.29. The minimum atomic E-state index is -3.72. The summed E-state index contributed by atoms with van der Waals surface area (Å²) >= 11 is 6.15. The number of aryl methyl sites for hydroxylation is 1. The van der Waals surface area contributed by atoms with Gasteiger partial charge in [0.05, 0.1) is 17.5 Å². The molecule has 0 aliphatic carbocycles. The number of amides is 1. The van der Waals surface area contributed by atoms with Crippen molar-refractivity contribution in [1.82, 2.24) is 9.21 Å². The maximum atomic E-state index is 13.0. The molecule has 0 N–H and O–H groups in total. The van der Waals surface area contributed by atoms with Gasteiger partial charge in [-0.15, -0.1) is 0 Å². The van der Waals surface area contributed by atoms with Gasteiger partial charge in [-0.3, -0.25) is 4.79 Å². The van der Waals surface area contributed by atoms with Crippen LogP contribution >= 0.6 is 11.6 Å². The van der Waals surface area contributed by atoms with Crippen LogP contribution in [0.5, 0.6) is 0 Å². The summed E-state index contributed by atoms with van der Waals surface area (Å²) in [5.41, 5.74) is 3.06. The van der Waals surface area contributed by atoms with E-state index in [2.05, 4.69) is 0 Å². The van der Waals surface area contributed by atoms with Crippen molar-refractivity contribution in [2.24, 2.45) is 0 Å². The summed E-state index contributed by atoms with van der Waals surface area (Å²) in [4.78, 5) is 14.6. The Bertz CT molecular complexity index is 973. The number of hydrogen-bond acceptors (Lipinski definition) is 3. The maximum Gasteiger partial charge on any atom is 0.243 e. The quantitative estimate of drug-likeness (QED) is 0.792. The Balaban J connectivity index is 1.71. The largest absolute Gasteiger partial charge is 0.333 e. The maximum absolute atomic E-state index is 13.0. The Morgan fingerprint density at radius 3 is 2.58 bits per heavy atom. The summed E-state index contributed by atoms with van der Waals surface area (Å²) in [5.74, 6) is -0.164. The first-order valence-electron chi connectivity index (χ1n) is 8.51. The molecular weight excluding hydrogens is 372 g/mol. The molecule has 26 heavy (non-hydrogen) atoms. The Labute approximate surface area is 158 Å². The number of hydrogen-bond donors (Lipinski definition) is 0. The smallest absolute Gasteiger partial charge is 0.243 e. The van der Waals surface area contributed by atoms with Crippen LogP contribution in [-0.2, 0) is 21.2 Å². The summed E-state index contributed by atoms with van der Waals surface area (Å²) in [6.07, 6.45) is 0.763. The number of rotatable bonds is 2. The van der Waals surface area contributed by atoms with E-state index in [1.165, 1.54) is 4.31 Å². The number of carbonyl (C=O) groups is 1. The van der Waals surface area contributed by atoms with Crippen LogP contribution in [0.1, 0.15) is 22.7 Å². The first-order chi connectivity index (χ1) is 12.4. The van der Waals surface area contributed by atoms with Crippen LogP contribution < -0.4 is 0 Å². The number of benzene rings is 2. The first kappa shape index (κ1) is 17.5. The number of halogens is 1. The minimum Gasteiger partial charge on any atom is -0.333 e. The van der Waals surface area contributed by atoms with Crippen molar-refractivity contribution in [1.29, 1.82) is 0 Å². The van der Waals surface area contributed by atoms with E-state index >= 15 is 0 Å². The van der Waals surface area contributed by atoms with Crippen molar-refractivity contribution in [3.05, 3.63) is 64.2 Å². The van der Waals surface area contributed by atoms with Crippen LogP contribution in [0.25, 0.3) is 0 Å². The zero-order valence-corrected chi connectivity index (χ0v) is 15.9. The van der Waals surface area contributed by atoms with Crippen LogP contribution in [0, 0.1) is 6.92 Å². The van der Waals surface area contributed by atoms with Gasteiger partial charge in [0.25, 0.3) is 0 Å². The zero-order valence-electron chi connectivity index (χ0n) is 14.4. The summed E-state index contributed by atoms with van der Waals surface area (Å²) in [7, 11) is -3.72. The van der Waals surface area contributed by atoms with Crippen molar-refractivity contribution in [2.45, 2.75) is 24.3 Å². The lowest BCUT2D eigenvalue weighted by Crippen LogP contribution is -2.55. The molecule has 2 aliphatic rings. The van der Waals surface area contributed by atoms with Gasteiger partial charge in [-0.05, 0) is 48.7 Å². The Hall–Kier alpha value is -1.89. The van der Waals surface area contributed by atoms with Crippen molar-refractivity contribution in [3.8, 4) is 0 Å². The highest BCUT2D eigenvalue weighted by atomic mass is 35.5.